The molecule has 0 radical (unpaired) electrons. The lowest BCUT2D eigenvalue weighted by Crippen LogP contribution is -2.35. The molecule has 1 fully saturated rings. The molecule has 0 saturated carbocycles. The molecule has 5 nitrogen and oxygen atoms in total. The SMILES string of the molecule is CCC1CCCN1S(=O)(=O)c1ccc(OCCNC)cc1. The van der Waals surface area contributed by atoms with Gasteiger partial charge in [-0.2, -0.15) is 4.31 Å². The maximum atomic E-state index is 12.7. The molecule has 0 spiro atoms. The highest BCUT2D eigenvalue weighted by atomic mass is 32.2. The molecule has 1 aromatic carbocycles. The molecule has 21 heavy (non-hydrogen) atoms. The summed E-state index contributed by atoms with van der Waals surface area (Å²) in [4.78, 5) is 0.351. The van der Waals surface area contributed by atoms with Crippen molar-refractivity contribution in [2.75, 3.05) is 26.7 Å². The zero-order valence-electron chi connectivity index (χ0n) is 12.7. The van der Waals surface area contributed by atoms with Crippen molar-refractivity contribution in [3.8, 4) is 5.75 Å². The van der Waals surface area contributed by atoms with Gasteiger partial charge < -0.3 is 10.1 Å². The Labute approximate surface area is 127 Å². The first-order valence-electron chi connectivity index (χ1n) is 7.49. The minimum absolute atomic E-state index is 0.140. The van der Waals surface area contributed by atoms with E-state index >= 15 is 0 Å². The van der Waals surface area contributed by atoms with Gasteiger partial charge in [-0.25, -0.2) is 8.42 Å². The summed E-state index contributed by atoms with van der Waals surface area (Å²) in [7, 11) is -1.52. The van der Waals surface area contributed by atoms with Gasteiger partial charge in [0.2, 0.25) is 10.0 Å². The lowest BCUT2D eigenvalue weighted by molar-refractivity contribution is 0.318. The zero-order chi connectivity index (χ0) is 15.3. The Balaban J connectivity index is 2.10. The molecule has 2 rings (SSSR count). The van der Waals surface area contributed by atoms with E-state index < -0.39 is 10.0 Å². The van der Waals surface area contributed by atoms with Gasteiger partial charge in [-0.1, -0.05) is 6.92 Å². The molecule has 1 saturated heterocycles. The monoisotopic (exact) mass is 312 g/mol. The predicted octanol–water partition coefficient (Wildman–Crippen LogP) is 1.85. The van der Waals surface area contributed by atoms with Crippen LogP contribution in [0.3, 0.4) is 0 Å². The maximum Gasteiger partial charge on any atom is 0.243 e. The average molecular weight is 312 g/mol. The van der Waals surface area contributed by atoms with E-state index in [1.807, 2.05) is 14.0 Å². The van der Waals surface area contributed by atoms with Gasteiger partial charge in [0.05, 0.1) is 4.90 Å². The molecule has 118 valence electrons. The number of hydrogen-bond donors (Lipinski definition) is 1. The molecule has 0 bridgehead atoms. The van der Waals surface area contributed by atoms with Crippen LogP contribution in [-0.2, 0) is 10.0 Å². The minimum atomic E-state index is -3.38. The number of nitrogens with zero attached hydrogens (tertiary/aromatic N) is 1. The lowest BCUT2D eigenvalue weighted by atomic mass is 10.2. The van der Waals surface area contributed by atoms with Crippen molar-refractivity contribution >= 4 is 10.0 Å². The molecule has 0 amide bonds. The fourth-order valence-electron chi connectivity index (χ4n) is 2.65. The lowest BCUT2D eigenvalue weighted by Gasteiger charge is -2.23. The number of hydrogen-bond acceptors (Lipinski definition) is 4. The van der Waals surface area contributed by atoms with Crippen LogP contribution in [0.4, 0.5) is 0 Å². The predicted molar refractivity (Wildman–Crippen MR) is 83.1 cm³/mol. The molecule has 1 heterocycles. The quantitative estimate of drug-likeness (QED) is 0.781. The summed E-state index contributed by atoms with van der Waals surface area (Å²) >= 11 is 0. The van der Waals surface area contributed by atoms with Crippen LogP contribution in [0.25, 0.3) is 0 Å². The van der Waals surface area contributed by atoms with E-state index in [-0.39, 0.29) is 6.04 Å². The fraction of sp³-hybridized carbons (Fsp3) is 0.600. The molecule has 1 N–H and O–H groups in total. The third-order valence-electron chi connectivity index (χ3n) is 3.85. The van der Waals surface area contributed by atoms with Crippen LogP contribution in [0.1, 0.15) is 26.2 Å². The Hall–Kier alpha value is -1.11. The van der Waals surface area contributed by atoms with E-state index in [1.165, 1.54) is 0 Å². The smallest absolute Gasteiger partial charge is 0.243 e. The summed E-state index contributed by atoms with van der Waals surface area (Å²) < 4.78 is 32.5. The van der Waals surface area contributed by atoms with Crippen molar-refractivity contribution in [3.63, 3.8) is 0 Å². The standard InChI is InChI=1S/C15H24N2O3S/c1-3-13-5-4-11-17(13)21(18,19)15-8-6-14(7-9-15)20-12-10-16-2/h6-9,13,16H,3-5,10-12H2,1-2H3. The Morgan fingerprint density at radius 2 is 2.05 bits per heavy atom. The first-order chi connectivity index (χ1) is 10.1. The van der Waals surface area contributed by atoms with Crippen molar-refractivity contribution in [2.45, 2.75) is 37.1 Å². The van der Waals surface area contributed by atoms with E-state index in [2.05, 4.69) is 5.32 Å². The van der Waals surface area contributed by atoms with E-state index in [1.54, 1.807) is 28.6 Å². The van der Waals surface area contributed by atoms with Crippen molar-refractivity contribution < 1.29 is 13.2 Å². The van der Waals surface area contributed by atoms with Gasteiger partial charge in [0.1, 0.15) is 12.4 Å². The topological polar surface area (TPSA) is 58.6 Å². The molecule has 1 aromatic rings. The second-order valence-corrected chi connectivity index (χ2v) is 7.13. The average Bonchev–Trinajstić information content (AvgIpc) is 2.97. The molecule has 0 aromatic heterocycles. The zero-order valence-corrected chi connectivity index (χ0v) is 13.5. The Bertz CT molecular complexity index is 543. The molecule has 1 aliphatic heterocycles. The highest BCUT2D eigenvalue weighted by Crippen LogP contribution is 2.28. The number of sulfonamides is 1. The van der Waals surface area contributed by atoms with Crippen LogP contribution in [-0.4, -0.2) is 45.5 Å². The van der Waals surface area contributed by atoms with Gasteiger partial charge in [0.25, 0.3) is 0 Å². The van der Waals surface area contributed by atoms with Crippen molar-refractivity contribution in [2.24, 2.45) is 0 Å². The number of benzene rings is 1. The van der Waals surface area contributed by atoms with Gasteiger partial charge in [0, 0.05) is 19.1 Å². The van der Waals surface area contributed by atoms with Crippen LogP contribution in [0, 0.1) is 0 Å². The number of ether oxygens (including phenoxy) is 1. The normalized spacial score (nSPS) is 19.8. The van der Waals surface area contributed by atoms with Gasteiger partial charge in [0.15, 0.2) is 0 Å². The van der Waals surface area contributed by atoms with Crippen LogP contribution in [0.5, 0.6) is 5.75 Å². The largest absolute Gasteiger partial charge is 0.492 e. The summed E-state index contributed by atoms with van der Waals surface area (Å²) in [6.07, 6.45) is 2.77. The number of nitrogens with one attached hydrogen (secondary N) is 1. The Kier molecular flexibility index (Phi) is 5.61. The molecule has 1 aliphatic rings. The van der Waals surface area contributed by atoms with Crippen molar-refractivity contribution in [1.29, 1.82) is 0 Å². The molecule has 1 unspecified atom stereocenters. The van der Waals surface area contributed by atoms with E-state index in [4.69, 9.17) is 4.74 Å². The Morgan fingerprint density at radius 3 is 2.67 bits per heavy atom. The van der Waals surface area contributed by atoms with Gasteiger partial charge in [-0.15, -0.1) is 0 Å². The Morgan fingerprint density at radius 1 is 1.33 bits per heavy atom. The van der Waals surface area contributed by atoms with Gasteiger partial charge in [-0.3, -0.25) is 0 Å². The number of rotatable bonds is 7. The maximum absolute atomic E-state index is 12.7. The van der Waals surface area contributed by atoms with Gasteiger partial charge >= 0.3 is 0 Å². The van der Waals surface area contributed by atoms with Crippen LogP contribution in [0.15, 0.2) is 29.2 Å². The molecular weight excluding hydrogens is 288 g/mol. The summed E-state index contributed by atoms with van der Waals surface area (Å²) in [6.45, 7) is 3.98. The first-order valence-corrected chi connectivity index (χ1v) is 8.93. The number of likely N-dealkylation sites (N-methyl/N-ethyl adjacent to an activating group) is 1. The molecule has 6 heteroatoms. The summed E-state index contributed by atoms with van der Waals surface area (Å²) in [5, 5.41) is 2.99. The highest BCUT2D eigenvalue weighted by molar-refractivity contribution is 7.89. The first kappa shape index (κ1) is 16.3. The van der Waals surface area contributed by atoms with Crippen LogP contribution < -0.4 is 10.1 Å². The molecule has 0 aliphatic carbocycles. The van der Waals surface area contributed by atoms with Crippen LogP contribution in [0.2, 0.25) is 0 Å². The second-order valence-electron chi connectivity index (χ2n) is 5.24. The van der Waals surface area contributed by atoms with Crippen LogP contribution >= 0.6 is 0 Å². The molecular formula is C15H24N2O3S. The van der Waals surface area contributed by atoms with Gasteiger partial charge in [-0.05, 0) is 50.6 Å². The van der Waals surface area contributed by atoms with Crippen molar-refractivity contribution in [3.05, 3.63) is 24.3 Å². The van der Waals surface area contributed by atoms with E-state index in [0.717, 1.165) is 25.8 Å². The molecule has 1 atom stereocenters. The van der Waals surface area contributed by atoms with E-state index in [9.17, 15) is 8.42 Å². The second kappa shape index (κ2) is 7.24. The van der Waals surface area contributed by atoms with Crippen molar-refractivity contribution in [1.82, 2.24) is 9.62 Å². The summed E-state index contributed by atoms with van der Waals surface area (Å²) in [6, 6.07) is 6.85. The fourth-order valence-corrected chi connectivity index (χ4v) is 4.41. The van der Waals surface area contributed by atoms with E-state index in [0.29, 0.717) is 23.8 Å². The third kappa shape index (κ3) is 3.75. The summed E-state index contributed by atoms with van der Waals surface area (Å²) in [5.74, 6) is 0.692. The highest BCUT2D eigenvalue weighted by Gasteiger charge is 2.33. The minimum Gasteiger partial charge on any atom is -0.492 e. The third-order valence-corrected chi connectivity index (χ3v) is 5.81. The summed E-state index contributed by atoms with van der Waals surface area (Å²) in [5.41, 5.74) is 0.